The molecule has 0 radical (unpaired) electrons. The number of nitrogens with zero attached hydrogens (tertiary/aromatic N) is 5. The summed E-state index contributed by atoms with van der Waals surface area (Å²) in [4.78, 5) is 16.4. The predicted molar refractivity (Wildman–Crippen MR) is 293 cm³/mol. The summed E-state index contributed by atoms with van der Waals surface area (Å²) in [6.45, 7) is 0. The van der Waals surface area contributed by atoms with Crippen molar-refractivity contribution in [2.45, 2.75) is 0 Å². The van der Waals surface area contributed by atoms with Gasteiger partial charge in [-0.3, -0.25) is 0 Å². The summed E-state index contributed by atoms with van der Waals surface area (Å²) in [5, 5.41) is 11.2. The topological polar surface area (TPSA) is 61.7 Å². The maximum Gasteiger partial charge on any atom is 0.164 e. The van der Waals surface area contributed by atoms with E-state index in [4.69, 9.17) is 19.4 Å². The Morgan fingerprint density at radius 2 is 0.845 bits per heavy atom. The molecule has 15 aromatic rings. The minimum absolute atomic E-state index is 0.549. The molecule has 0 amide bonds. The van der Waals surface area contributed by atoms with Gasteiger partial charge in [0.1, 0.15) is 11.2 Å². The maximum atomic E-state index is 7.10. The lowest BCUT2D eigenvalue weighted by molar-refractivity contribution is 0.672. The summed E-state index contributed by atoms with van der Waals surface area (Å²) >= 11 is 0. The lowest BCUT2D eigenvalue weighted by Crippen LogP contribution is -2.02. The van der Waals surface area contributed by atoms with Crippen LogP contribution in [-0.4, -0.2) is 24.1 Å². The molecule has 4 aromatic heterocycles. The van der Waals surface area contributed by atoms with E-state index in [1.54, 1.807) is 0 Å². The Labute approximate surface area is 407 Å². The van der Waals surface area contributed by atoms with Crippen molar-refractivity contribution in [2.24, 2.45) is 0 Å². The molecule has 0 N–H and O–H groups in total. The number of furan rings is 1. The van der Waals surface area contributed by atoms with Crippen LogP contribution >= 0.6 is 0 Å². The summed E-state index contributed by atoms with van der Waals surface area (Å²) in [6.07, 6.45) is 0. The third kappa shape index (κ3) is 6.18. The van der Waals surface area contributed by atoms with Crippen LogP contribution in [0.2, 0.25) is 0 Å². The fourth-order valence-electron chi connectivity index (χ4n) is 11.0. The summed E-state index contributed by atoms with van der Waals surface area (Å²) < 4.78 is 11.8. The van der Waals surface area contributed by atoms with Gasteiger partial charge in [0.2, 0.25) is 0 Å². The first-order valence-electron chi connectivity index (χ1n) is 24.0. The summed E-state index contributed by atoms with van der Waals surface area (Å²) in [6, 6.07) is 83.9. The largest absolute Gasteiger partial charge is 0.455 e. The minimum Gasteiger partial charge on any atom is -0.455 e. The van der Waals surface area contributed by atoms with Crippen molar-refractivity contribution in [3.63, 3.8) is 0 Å². The van der Waals surface area contributed by atoms with Crippen LogP contribution in [0.3, 0.4) is 0 Å². The number of rotatable bonds is 6. The van der Waals surface area contributed by atoms with Crippen molar-refractivity contribution in [3.05, 3.63) is 237 Å². The molecule has 0 saturated carbocycles. The molecule has 330 valence electrons. The Bertz CT molecular complexity index is 4640. The number of hydrogen-bond donors (Lipinski definition) is 0. The maximum absolute atomic E-state index is 7.10. The van der Waals surface area contributed by atoms with Gasteiger partial charge in [0.05, 0.1) is 27.8 Å². The fourth-order valence-corrected chi connectivity index (χ4v) is 11.0. The number of benzene rings is 11. The van der Waals surface area contributed by atoms with Crippen molar-refractivity contribution in [2.75, 3.05) is 0 Å². The van der Waals surface area contributed by atoms with Gasteiger partial charge in [-0.15, -0.1) is 0 Å². The van der Waals surface area contributed by atoms with E-state index >= 15 is 0 Å². The molecule has 71 heavy (non-hydrogen) atoms. The Morgan fingerprint density at radius 1 is 0.296 bits per heavy atom. The van der Waals surface area contributed by atoms with E-state index < -0.39 is 0 Å². The molecule has 0 saturated heterocycles. The van der Waals surface area contributed by atoms with Crippen LogP contribution in [-0.2, 0) is 0 Å². The van der Waals surface area contributed by atoms with Crippen LogP contribution < -0.4 is 0 Å². The minimum atomic E-state index is 0.549. The van der Waals surface area contributed by atoms with Gasteiger partial charge in [-0.2, -0.15) is 0 Å². The molecule has 0 aliphatic carbocycles. The highest BCUT2D eigenvalue weighted by atomic mass is 16.3. The highest BCUT2D eigenvalue weighted by molar-refractivity contribution is 6.20. The van der Waals surface area contributed by atoms with Gasteiger partial charge < -0.3 is 13.6 Å². The number of hydrogen-bond acceptors (Lipinski definition) is 4. The van der Waals surface area contributed by atoms with E-state index in [0.29, 0.717) is 17.5 Å². The predicted octanol–water partition coefficient (Wildman–Crippen LogP) is 16.9. The second kappa shape index (κ2) is 15.4. The van der Waals surface area contributed by atoms with Gasteiger partial charge in [-0.05, 0) is 87.9 Å². The zero-order chi connectivity index (χ0) is 46.6. The molecular weight excluding hydrogens is 867 g/mol. The van der Waals surface area contributed by atoms with Gasteiger partial charge in [0.15, 0.2) is 17.5 Å². The van der Waals surface area contributed by atoms with Crippen molar-refractivity contribution in [1.29, 1.82) is 0 Å². The van der Waals surface area contributed by atoms with Crippen molar-refractivity contribution >= 4 is 87.1 Å². The molecule has 0 spiro atoms. The van der Waals surface area contributed by atoms with E-state index in [2.05, 4.69) is 240 Å². The summed E-state index contributed by atoms with van der Waals surface area (Å²) in [5.74, 6) is 1.70. The summed E-state index contributed by atoms with van der Waals surface area (Å²) in [5.41, 5.74) is 12.8. The van der Waals surface area contributed by atoms with Gasteiger partial charge in [0, 0.05) is 66.1 Å². The average Bonchev–Trinajstić information content (AvgIpc) is 4.10. The van der Waals surface area contributed by atoms with Gasteiger partial charge in [-0.1, -0.05) is 170 Å². The zero-order valence-electron chi connectivity index (χ0n) is 38.2. The smallest absolute Gasteiger partial charge is 0.164 e. The van der Waals surface area contributed by atoms with Gasteiger partial charge in [-0.25, -0.2) is 15.0 Å². The summed E-state index contributed by atoms with van der Waals surface area (Å²) in [7, 11) is 0. The van der Waals surface area contributed by atoms with Crippen LogP contribution in [0.1, 0.15) is 0 Å². The Kier molecular flexibility index (Phi) is 8.56. The van der Waals surface area contributed by atoms with Crippen molar-refractivity contribution < 1.29 is 4.42 Å². The average molecular weight is 906 g/mol. The molecule has 0 fully saturated rings. The first kappa shape index (κ1) is 39.4. The number of fused-ring (bicyclic) bond motifs is 12. The van der Waals surface area contributed by atoms with Crippen LogP contribution in [0.5, 0.6) is 0 Å². The molecule has 0 unspecified atom stereocenters. The Morgan fingerprint density at radius 3 is 1.62 bits per heavy atom. The molecule has 15 rings (SSSR count). The van der Waals surface area contributed by atoms with Crippen LogP contribution in [0, 0.1) is 0 Å². The van der Waals surface area contributed by atoms with Crippen molar-refractivity contribution in [1.82, 2.24) is 24.1 Å². The lowest BCUT2D eigenvalue weighted by atomic mass is 10.0. The first-order chi connectivity index (χ1) is 35.2. The Hall–Kier alpha value is -9.65. The van der Waals surface area contributed by atoms with E-state index in [-0.39, 0.29) is 0 Å². The monoisotopic (exact) mass is 905 g/mol. The van der Waals surface area contributed by atoms with Crippen molar-refractivity contribution in [3.8, 4) is 56.7 Å². The van der Waals surface area contributed by atoms with Crippen LogP contribution in [0.4, 0.5) is 0 Å². The van der Waals surface area contributed by atoms with E-state index in [1.807, 2.05) is 6.07 Å². The molecule has 0 aliphatic heterocycles. The second-order valence-electron chi connectivity index (χ2n) is 18.4. The zero-order valence-corrected chi connectivity index (χ0v) is 38.2. The molecular formula is C65H39N5O. The third-order valence-corrected chi connectivity index (χ3v) is 14.3. The number of para-hydroxylation sites is 3. The SMILES string of the molecule is c1ccc(-c2cccc(-c3nc(-c4ccc5c6ccccc6n(-c6ccccc6)c5c4)nc(-c4cc(-n5c6ccccc6c6cc7ccccc7cc65)cc5oc6c7ccccc7ccc6c45)n3)c2)cc1. The number of aromatic nitrogens is 5. The quantitative estimate of drug-likeness (QED) is 0.167. The van der Waals surface area contributed by atoms with E-state index in [1.165, 1.54) is 26.9 Å². The molecule has 11 aromatic carbocycles. The molecule has 0 bridgehead atoms. The highest BCUT2D eigenvalue weighted by Gasteiger charge is 2.24. The van der Waals surface area contributed by atoms with E-state index in [9.17, 15) is 0 Å². The van der Waals surface area contributed by atoms with Gasteiger partial charge in [0.25, 0.3) is 0 Å². The van der Waals surface area contributed by atoms with Crippen LogP contribution in [0.25, 0.3) is 144 Å². The lowest BCUT2D eigenvalue weighted by Gasteiger charge is -2.14. The Balaban J connectivity index is 1.04. The highest BCUT2D eigenvalue weighted by Crippen LogP contribution is 2.44. The molecule has 6 heteroatoms. The normalized spacial score (nSPS) is 11.9. The molecule has 4 heterocycles. The second-order valence-corrected chi connectivity index (χ2v) is 18.4. The van der Waals surface area contributed by atoms with Gasteiger partial charge >= 0.3 is 0 Å². The fraction of sp³-hybridized carbons (Fsp3) is 0. The van der Waals surface area contributed by atoms with Crippen LogP contribution in [0.15, 0.2) is 241 Å². The standard InChI is InChI=1S/C65H39N5O/c1-3-16-40(17-4-1)42-21-15-22-45(34-42)63-66-64(46-31-32-52-50-26-11-13-28-56(50)69(58(52)37-46)47-23-5-2-6-24-47)68-65(67-63)55-38-48(39-60-61(55)53-33-30-41-18-9-10-25-49(41)62(53)71-60)70-57-29-14-12-27-51(57)54-35-43-19-7-8-20-44(43)36-59(54)70/h1-39H. The molecule has 0 atom stereocenters. The molecule has 6 nitrogen and oxygen atoms in total. The van der Waals surface area contributed by atoms with E-state index in [0.717, 1.165) is 99.4 Å². The first-order valence-corrected chi connectivity index (χ1v) is 24.0. The third-order valence-electron chi connectivity index (χ3n) is 14.3. The molecule has 0 aliphatic rings.